The number of amides is 1. The first kappa shape index (κ1) is 24.5. The highest BCUT2D eigenvalue weighted by Gasteiger charge is 2.27. The molecule has 9 heteroatoms. The summed E-state index contributed by atoms with van der Waals surface area (Å²) in [6, 6.07) is 11.7. The Labute approximate surface area is 205 Å². The van der Waals surface area contributed by atoms with E-state index in [1.165, 1.54) is 12.7 Å². The molecule has 2 heterocycles. The first-order chi connectivity index (χ1) is 16.9. The number of carbonyl (C=O) groups excluding carboxylic acids is 2. The molecule has 3 aromatic rings. The van der Waals surface area contributed by atoms with Crippen molar-refractivity contribution in [2.24, 2.45) is 11.8 Å². The summed E-state index contributed by atoms with van der Waals surface area (Å²) < 4.78 is 4.87. The maximum absolute atomic E-state index is 12.8. The molecule has 1 saturated carbocycles. The van der Waals surface area contributed by atoms with E-state index in [2.05, 4.69) is 44.8 Å². The zero-order valence-electron chi connectivity index (χ0n) is 20.5. The van der Waals surface area contributed by atoms with Gasteiger partial charge in [0.1, 0.15) is 5.69 Å². The second kappa shape index (κ2) is 11.2. The number of aromatic nitrogens is 5. The minimum absolute atomic E-state index is 0.00420. The highest BCUT2D eigenvalue weighted by molar-refractivity contribution is 5.93. The van der Waals surface area contributed by atoms with E-state index >= 15 is 0 Å². The molecule has 0 saturated heterocycles. The Kier molecular flexibility index (Phi) is 7.84. The maximum atomic E-state index is 12.8. The van der Waals surface area contributed by atoms with Crippen LogP contribution in [0.4, 0.5) is 0 Å². The van der Waals surface area contributed by atoms with Crippen LogP contribution in [0.25, 0.3) is 11.4 Å². The highest BCUT2D eigenvalue weighted by atomic mass is 16.5. The number of aryl methyl sites for hydroxylation is 2. The van der Waals surface area contributed by atoms with Gasteiger partial charge in [-0.25, -0.2) is 4.98 Å². The lowest BCUT2D eigenvalue weighted by Crippen LogP contribution is -2.25. The van der Waals surface area contributed by atoms with Crippen LogP contribution in [-0.4, -0.2) is 44.2 Å². The number of methoxy groups -OCH3 is 1. The van der Waals surface area contributed by atoms with Crippen molar-refractivity contribution in [1.29, 1.82) is 0 Å². The third kappa shape index (κ3) is 6.29. The number of benzene rings is 1. The van der Waals surface area contributed by atoms with E-state index in [9.17, 15) is 9.59 Å². The van der Waals surface area contributed by atoms with Crippen molar-refractivity contribution in [2.45, 2.75) is 59.0 Å². The predicted molar refractivity (Wildman–Crippen MR) is 130 cm³/mol. The van der Waals surface area contributed by atoms with Crippen molar-refractivity contribution in [2.75, 3.05) is 7.11 Å². The standard InChI is InChI=1S/C26H32N6O3/c1-4-18-6-5-7-20(13-18)15-27-25(33)23-14-22(12-17(2)28-23)24-29-31-32(30-24)16-19-8-10-21(11-9-19)26(34)35-3/h5-7,12-14,19,21H,4,8-11,15-16H2,1-3H3,(H,27,33). The number of nitrogens with one attached hydrogen (secondary N) is 1. The average Bonchev–Trinajstić information content (AvgIpc) is 3.35. The van der Waals surface area contributed by atoms with Gasteiger partial charge in [0.15, 0.2) is 0 Å². The number of rotatable bonds is 8. The lowest BCUT2D eigenvalue weighted by Gasteiger charge is -2.26. The molecule has 0 radical (unpaired) electrons. The van der Waals surface area contributed by atoms with E-state index in [1.807, 2.05) is 25.1 Å². The Morgan fingerprint density at radius 1 is 1.11 bits per heavy atom. The number of pyridine rings is 1. The summed E-state index contributed by atoms with van der Waals surface area (Å²) in [5.74, 6) is 0.488. The van der Waals surface area contributed by atoms with Crippen LogP contribution in [0, 0.1) is 18.8 Å². The molecule has 1 aromatic carbocycles. The summed E-state index contributed by atoms with van der Waals surface area (Å²) in [7, 11) is 1.44. The van der Waals surface area contributed by atoms with Gasteiger partial charge in [0.05, 0.1) is 19.6 Å². The van der Waals surface area contributed by atoms with Crippen LogP contribution < -0.4 is 5.32 Å². The van der Waals surface area contributed by atoms with Gasteiger partial charge >= 0.3 is 5.97 Å². The molecule has 2 aromatic heterocycles. The quantitative estimate of drug-likeness (QED) is 0.495. The van der Waals surface area contributed by atoms with E-state index in [0.29, 0.717) is 41.8 Å². The van der Waals surface area contributed by atoms with Crippen LogP contribution in [0.15, 0.2) is 36.4 Å². The number of ether oxygens (including phenoxy) is 1. The first-order valence-corrected chi connectivity index (χ1v) is 12.2. The molecule has 0 atom stereocenters. The lowest BCUT2D eigenvalue weighted by atomic mass is 9.82. The van der Waals surface area contributed by atoms with Crippen molar-refractivity contribution in [3.05, 3.63) is 58.9 Å². The largest absolute Gasteiger partial charge is 0.469 e. The fraction of sp³-hybridized carbons (Fsp3) is 0.462. The molecule has 0 spiro atoms. The number of esters is 1. The van der Waals surface area contributed by atoms with Gasteiger partial charge in [-0.15, -0.1) is 10.2 Å². The SMILES string of the molecule is CCc1cccc(CNC(=O)c2cc(-c3nnn(CC4CCC(C(=O)OC)CC4)n3)cc(C)n2)c1. The molecule has 9 nitrogen and oxygen atoms in total. The van der Waals surface area contributed by atoms with E-state index < -0.39 is 0 Å². The monoisotopic (exact) mass is 476 g/mol. The van der Waals surface area contributed by atoms with Crippen molar-refractivity contribution in [3.8, 4) is 11.4 Å². The summed E-state index contributed by atoms with van der Waals surface area (Å²) in [5.41, 5.74) is 4.02. The predicted octanol–water partition coefficient (Wildman–Crippen LogP) is 3.52. The number of carbonyl (C=O) groups is 2. The van der Waals surface area contributed by atoms with E-state index in [4.69, 9.17) is 4.74 Å². The Hall–Kier alpha value is -3.62. The van der Waals surface area contributed by atoms with Gasteiger partial charge in [-0.05, 0) is 73.4 Å². The Morgan fingerprint density at radius 3 is 2.63 bits per heavy atom. The molecule has 184 valence electrons. The van der Waals surface area contributed by atoms with Crippen molar-refractivity contribution < 1.29 is 14.3 Å². The normalized spacial score (nSPS) is 17.7. The first-order valence-electron chi connectivity index (χ1n) is 12.2. The topological polar surface area (TPSA) is 112 Å². The third-order valence-corrected chi connectivity index (χ3v) is 6.55. The van der Waals surface area contributed by atoms with Gasteiger partial charge in [0.2, 0.25) is 5.82 Å². The Morgan fingerprint density at radius 2 is 1.89 bits per heavy atom. The molecule has 1 aliphatic carbocycles. The van der Waals surface area contributed by atoms with Crippen LogP contribution >= 0.6 is 0 Å². The molecule has 35 heavy (non-hydrogen) atoms. The fourth-order valence-corrected chi connectivity index (χ4v) is 4.56. The molecule has 4 rings (SSSR count). The molecular weight excluding hydrogens is 444 g/mol. The smallest absolute Gasteiger partial charge is 0.308 e. The van der Waals surface area contributed by atoms with Crippen LogP contribution in [0.5, 0.6) is 0 Å². The minimum Gasteiger partial charge on any atom is -0.469 e. The molecular formula is C26H32N6O3. The lowest BCUT2D eigenvalue weighted by molar-refractivity contribution is -0.146. The molecule has 1 amide bonds. The molecule has 1 aliphatic rings. The van der Waals surface area contributed by atoms with Gasteiger partial charge < -0.3 is 10.1 Å². The molecule has 1 fully saturated rings. The van der Waals surface area contributed by atoms with Crippen molar-refractivity contribution in [3.63, 3.8) is 0 Å². The Bertz CT molecular complexity index is 1180. The molecule has 0 aliphatic heterocycles. The van der Waals surface area contributed by atoms with Crippen LogP contribution in [-0.2, 0) is 29.0 Å². The molecule has 1 N–H and O–H groups in total. The van der Waals surface area contributed by atoms with Gasteiger partial charge in [-0.3, -0.25) is 9.59 Å². The number of nitrogens with zero attached hydrogens (tertiary/aromatic N) is 5. The van der Waals surface area contributed by atoms with Crippen molar-refractivity contribution in [1.82, 2.24) is 30.5 Å². The fourth-order valence-electron chi connectivity index (χ4n) is 4.56. The van der Waals surface area contributed by atoms with Crippen LogP contribution in [0.3, 0.4) is 0 Å². The summed E-state index contributed by atoms with van der Waals surface area (Å²) in [6.45, 7) is 5.03. The van der Waals surface area contributed by atoms with E-state index in [-0.39, 0.29) is 17.8 Å². The zero-order chi connectivity index (χ0) is 24.8. The number of hydrogen-bond donors (Lipinski definition) is 1. The van der Waals surface area contributed by atoms with Gasteiger partial charge in [0.25, 0.3) is 5.91 Å². The molecule has 0 bridgehead atoms. The van der Waals surface area contributed by atoms with Gasteiger partial charge in [-0.1, -0.05) is 31.2 Å². The van der Waals surface area contributed by atoms with E-state index in [0.717, 1.165) is 37.7 Å². The van der Waals surface area contributed by atoms with Crippen molar-refractivity contribution >= 4 is 11.9 Å². The summed E-state index contributed by atoms with van der Waals surface area (Å²) in [6.07, 6.45) is 4.45. The van der Waals surface area contributed by atoms with Gasteiger partial charge in [-0.2, -0.15) is 4.80 Å². The van der Waals surface area contributed by atoms with E-state index in [1.54, 1.807) is 10.9 Å². The zero-order valence-corrected chi connectivity index (χ0v) is 20.5. The van der Waals surface area contributed by atoms with Crippen LogP contribution in [0.2, 0.25) is 0 Å². The second-order valence-electron chi connectivity index (χ2n) is 9.15. The number of tetrazole rings is 1. The Balaban J connectivity index is 1.39. The maximum Gasteiger partial charge on any atom is 0.308 e. The highest BCUT2D eigenvalue weighted by Crippen LogP contribution is 2.30. The minimum atomic E-state index is -0.244. The second-order valence-corrected chi connectivity index (χ2v) is 9.15. The van der Waals surface area contributed by atoms with Crippen LogP contribution in [0.1, 0.15) is 59.9 Å². The van der Waals surface area contributed by atoms with Gasteiger partial charge in [0, 0.05) is 17.8 Å². The summed E-state index contributed by atoms with van der Waals surface area (Å²) >= 11 is 0. The number of hydrogen-bond acceptors (Lipinski definition) is 7. The average molecular weight is 477 g/mol. The summed E-state index contributed by atoms with van der Waals surface area (Å²) in [4.78, 5) is 30.5. The summed E-state index contributed by atoms with van der Waals surface area (Å²) in [5, 5.41) is 15.9. The third-order valence-electron chi connectivity index (χ3n) is 6.55. The molecule has 0 unspecified atom stereocenters.